The number of imidazole rings is 1. The Morgan fingerprint density at radius 2 is 1.96 bits per heavy atom. The fourth-order valence-corrected chi connectivity index (χ4v) is 2.89. The first kappa shape index (κ1) is 17.3. The van der Waals surface area contributed by atoms with Gasteiger partial charge in [-0.05, 0) is 24.3 Å². The average molecular weight is 385 g/mol. The number of nitrogens with one attached hydrogen (secondary N) is 1. The fraction of sp³-hybridized carbons (Fsp3) is 0.111. The molecule has 0 atom stereocenters. The molecule has 0 radical (unpaired) electrons. The van der Waals surface area contributed by atoms with Crippen LogP contribution in [-0.4, -0.2) is 42.8 Å². The van der Waals surface area contributed by atoms with Crippen LogP contribution >= 0.6 is 11.6 Å². The Hall–Kier alpha value is -3.10. The van der Waals surface area contributed by atoms with Crippen molar-refractivity contribution < 1.29 is 9.50 Å². The van der Waals surface area contributed by atoms with Gasteiger partial charge in [0.1, 0.15) is 11.6 Å². The minimum Gasteiger partial charge on any atom is -0.395 e. The highest BCUT2D eigenvalue weighted by molar-refractivity contribution is 6.30. The molecule has 0 aliphatic carbocycles. The molecule has 4 rings (SSSR count). The SMILES string of the molecule is OCCNc1ncc(-c2nc3ccncc3n2-c2ccc(Cl)cc2F)cn1. The predicted molar refractivity (Wildman–Crippen MR) is 100 cm³/mol. The first-order chi connectivity index (χ1) is 13.2. The first-order valence-electron chi connectivity index (χ1n) is 8.12. The van der Waals surface area contributed by atoms with Gasteiger partial charge in [0.15, 0.2) is 0 Å². The molecule has 7 nitrogen and oxygen atoms in total. The largest absolute Gasteiger partial charge is 0.395 e. The van der Waals surface area contributed by atoms with Crippen LogP contribution in [0.2, 0.25) is 5.02 Å². The van der Waals surface area contributed by atoms with Crippen LogP contribution in [0.4, 0.5) is 10.3 Å². The molecule has 0 saturated heterocycles. The van der Waals surface area contributed by atoms with E-state index in [0.717, 1.165) is 0 Å². The Labute approximate surface area is 158 Å². The number of aliphatic hydroxyl groups is 1. The van der Waals surface area contributed by atoms with Crippen LogP contribution in [0.5, 0.6) is 0 Å². The van der Waals surface area contributed by atoms with Gasteiger partial charge < -0.3 is 10.4 Å². The number of benzene rings is 1. The van der Waals surface area contributed by atoms with Gasteiger partial charge >= 0.3 is 0 Å². The van der Waals surface area contributed by atoms with Gasteiger partial charge in [-0.1, -0.05) is 11.6 Å². The third-order valence-corrected chi connectivity index (χ3v) is 4.15. The second-order valence-corrected chi connectivity index (χ2v) is 6.11. The molecule has 1 aromatic carbocycles. The van der Waals surface area contributed by atoms with Gasteiger partial charge in [0.2, 0.25) is 5.95 Å². The van der Waals surface area contributed by atoms with Crippen molar-refractivity contribution in [3.8, 4) is 17.1 Å². The van der Waals surface area contributed by atoms with Crippen LogP contribution in [0.3, 0.4) is 0 Å². The Morgan fingerprint density at radius 3 is 2.70 bits per heavy atom. The number of fused-ring (bicyclic) bond motifs is 1. The molecule has 0 amide bonds. The van der Waals surface area contributed by atoms with Gasteiger partial charge in [-0.15, -0.1) is 0 Å². The van der Waals surface area contributed by atoms with Crippen molar-refractivity contribution in [1.82, 2.24) is 24.5 Å². The Morgan fingerprint density at radius 1 is 1.15 bits per heavy atom. The Balaban J connectivity index is 1.88. The summed E-state index contributed by atoms with van der Waals surface area (Å²) in [4.78, 5) is 17.2. The lowest BCUT2D eigenvalue weighted by molar-refractivity contribution is 0.311. The summed E-state index contributed by atoms with van der Waals surface area (Å²) in [6.45, 7) is 0.323. The van der Waals surface area contributed by atoms with E-state index < -0.39 is 5.82 Å². The number of halogens is 2. The number of rotatable bonds is 5. The summed E-state index contributed by atoms with van der Waals surface area (Å²) in [6, 6.07) is 6.21. The molecule has 3 aromatic heterocycles. The second-order valence-electron chi connectivity index (χ2n) is 5.68. The van der Waals surface area contributed by atoms with E-state index in [1.807, 2.05) is 0 Å². The highest BCUT2D eigenvalue weighted by atomic mass is 35.5. The van der Waals surface area contributed by atoms with E-state index in [4.69, 9.17) is 16.7 Å². The number of aromatic nitrogens is 5. The van der Waals surface area contributed by atoms with Crippen molar-refractivity contribution >= 4 is 28.6 Å². The van der Waals surface area contributed by atoms with E-state index in [-0.39, 0.29) is 6.61 Å². The van der Waals surface area contributed by atoms with Gasteiger partial charge in [0.05, 0.1) is 35.1 Å². The zero-order chi connectivity index (χ0) is 18.8. The fourth-order valence-electron chi connectivity index (χ4n) is 2.73. The number of hydrogen-bond donors (Lipinski definition) is 2. The monoisotopic (exact) mass is 384 g/mol. The van der Waals surface area contributed by atoms with Gasteiger partial charge in [0, 0.05) is 30.2 Å². The lowest BCUT2D eigenvalue weighted by Gasteiger charge is -2.11. The maximum absolute atomic E-state index is 14.6. The van der Waals surface area contributed by atoms with Crippen molar-refractivity contribution in [3.05, 3.63) is 59.9 Å². The van der Waals surface area contributed by atoms with E-state index in [0.29, 0.717) is 45.6 Å². The second kappa shape index (κ2) is 7.26. The maximum Gasteiger partial charge on any atom is 0.222 e. The van der Waals surface area contributed by atoms with Crippen molar-refractivity contribution in [3.63, 3.8) is 0 Å². The number of aliphatic hydroxyl groups excluding tert-OH is 1. The molecule has 0 saturated carbocycles. The Bertz CT molecular complexity index is 1100. The molecule has 27 heavy (non-hydrogen) atoms. The molecule has 0 fully saturated rings. The topological polar surface area (TPSA) is 88.8 Å². The molecule has 0 aliphatic rings. The molecule has 0 spiro atoms. The molecule has 136 valence electrons. The number of pyridine rings is 1. The zero-order valence-electron chi connectivity index (χ0n) is 14.0. The van der Waals surface area contributed by atoms with Gasteiger partial charge in [-0.3, -0.25) is 9.55 Å². The summed E-state index contributed by atoms with van der Waals surface area (Å²) in [5.41, 5.74) is 2.22. The quantitative estimate of drug-likeness (QED) is 0.549. The molecule has 0 aliphatic heterocycles. The van der Waals surface area contributed by atoms with Gasteiger partial charge in [0.25, 0.3) is 0 Å². The van der Waals surface area contributed by atoms with Crippen molar-refractivity contribution in [1.29, 1.82) is 0 Å². The van der Waals surface area contributed by atoms with Crippen molar-refractivity contribution in [2.45, 2.75) is 0 Å². The van der Waals surface area contributed by atoms with Crippen LogP contribution in [0.15, 0.2) is 49.1 Å². The van der Waals surface area contributed by atoms with Crippen molar-refractivity contribution in [2.24, 2.45) is 0 Å². The molecular weight excluding hydrogens is 371 g/mol. The number of hydrogen-bond acceptors (Lipinski definition) is 6. The highest BCUT2D eigenvalue weighted by Crippen LogP contribution is 2.29. The average Bonchev–Trinajstić information content (AvgIpc) is 3.06. The van der Waals surface area contributed by atoms with Gasteiger partial charge in [-0.2, -0.15) is 0 Å². The summed E-state index contributed by atoms with van der Waals surface area (Å²) < 4.78 is 16.3. The minimum atomic E-state index is -0.478. The minimum absolute atomic E-state index is 0.0241. The third kappa shape index (κ3) is 3.32. The summed E-state index contributed by atoms with van der Waals surface area (Å²) >= 11 is 5.89. The maximum atomic E-state index is 14.6. The number of nitrogens with zero attached hydrogens (tertiary/aromatic N) is 5. The van der Waals surface area contributed by atoms with E-state index in [1.165, 1.54) is 6.07 Å². The highest BCUT2D eigenvalue weighted by Gasteiger charge is 2.18. The van der Waals surface area contributed by atoms with E-state index in [2.05, 4.69) is 25.3 Å². The smallest absolute Gasteiger partial charge is 0.222 e. The van der Waals surface area contributed by atoms with E-state index in [9.17, 15) is 4.39 Å². The van der Waals surface area contributed by atoms with Crippen LogP contribution in [0.1, 0.15) is 0 Å². The molecule has 0 unspecified atom stereocenters. The zero-order valence-corrected chi connectivity index (χ0v) is 14.7. The molecular formula is C18H14ClFN6O. The lowest BCUT2D eigenvalue weighted by Crippen LogP contribution is -2.08. The van der Waals surface area contributed by atoms with Crippen molar-refractivity contribution in [2.75, 3.05) is 18.5 Å². The summed E-state index contributed by atoms with van der Waals surface area (Å²) in [6.07, 6.45) is 6.43. The number of anilines is 1. The van der Waals surface area contributed by atoms with E-state index >= 15 is 0 Å². The summed E-state index contributed by atoms with van der Waals surface area (Å²) in [7, 11) is 0. The van der Waals surface area contributed by atoms with Crippen LogP contribution < -0.4 is 5.32 Å². The summed E-state index contributed by atoms with van der Waals surface area (Å²) in [5, 5.41) is 12.1. The standard InChI is InChI=1S/C18H14ClFN6O/c19-12-1-2-15(13(20)7-12)26-16-10-21-4-3-14(16)25-17(26)11-8-23-18(24-9-11)22-5-6-27/h1-4,7-10,27H,5-6H2,(H,22,23,24). The molecule has 9 heteroatoms. The summed E-state index contributed by atoms with van der Waals surface area (Å²) in [5.74, 6) is 0.386. The third-order valence-electron chi connectivity index (χ3n) is 3.91. The van der Waals surface area contributed by atoms with Crippen LogP contribution in [0, 0.1) is 5.82 Å². The Kier molecular flexibility index (Phi) is 4.66. The van der Waals surface area contributed by atoms with E-state index in [1.54, 1.807) is 47.6 Å². The van der Waals surface area contributed by atoms with Crippen LogP contribution in [0.25, 0.3) is 28.1 Å². The molecule has 0 bridgehead atoms. The predicted octanol–water partition coefficient (Wildman–Crippen LogP) is 3.07. The van der Waals surface area contributed by atoms with Gasteiger partial charge in [-0.25, -0.2) is 19.3 Å². The lowest BCUT2D eigenvalue weighted by atomic mass is 10.2. The van der Waals surface area contributed by atoms with Crippen LogP contribution in [-0.2, 0) is 0 Å². The molecule has 3 heterocycles. The first-order valence-corrected chi connectivity index (χ1v) is 8.50. The molecule has 4 aromatic rings. The normalized spacial score (nSPS) is 11.1. The molecule has 2 N–H and O–H groups in total.